The zero-order chi connectivity index (χ0) is 27.8. The van der Waals surface area contributed by atoms with Crippen molar-refractivity contribution in [3.63, 3.8) is 0 Å². The van der Waals surface area contributed by atoms with Crippen molar-refractivity contribution in [2.24, 2.45) is 10.4 Å². The Labute approximate surface area is 229 Å². The van der Waals surface area contributed by atoms with Gasteiger partial charge >= 0.3 is 6.03 Å². The molecular weight excluding hydrogens is 496 g/mol. The molecule has 0 spiro atoms. The molecule has 39 heavy (non-hydrogen) atoms. The van der Waals surface area contributed by atoms with Crippen LogP contribution in [0.4, 0.5) is 19.3 Å². The number of nitrogens with one attached hydrogen (secondary N) is 2. The van der Waals surface area contributed by atoms with Gasteiger partial charge in [-0.2, -0.15) is 0 Å². The van der Waals surface area contributed by atoms with Gasteiger partial charge in [-0.3, -0.25) is 4.99 Å². The molecule has 5 nitrogen and oxygen atoms in total. The van der Waals surface area contributed by atoms with E-state index in [1.807, 2.05) is 26.1 Å². The van der Waals surface area contributed by atoms with Gasteiger partial charge in [-0.1, -0.05) is 42.8 Å². The number of fused-ring (bicyclic) bond motifs is 1. The maximum atomic E-state index is 14.6. The number of anilines is 1. The Bertz CT molecular complexity index is 1350. The minimum absolute atomic E-state index is 0.0254. The third-order valence-electron chi connectivity index (χ3n) is 8.72. The highest BCUT2D eigenvalue weighted by molar-refractivity contribution is 5.90. The molecule has 0 bridgehead atoms. The molecule has 2 amide bonds. The number of rotatable bonds is 7. The molecule has 3 atom stereocenters. The van der Waals surface area contributed by atoms with Crippen LogP contribution >= 0.6 is 0 Å². The van der Waals surface area contributed by atoms with Crippen LogP contribution in [0.1, 0.15) is 76.5 Å². The molecule has 7 heteroatoms. The molecule has 3 aliphatic rings. The molecular formula is C32H37F2N3O2. The van der Waals surface area contributed by atoms with Gasteiger partial charge in [0.05, 0.1) is 17.3 Å². The van der Waals surface area contributed by atoms with Gasteiger partial charge in [0.2, 0.25) is 0 Å². The first-order valence-corrected chi connectivity index (χ1v) is 13.9. The largest absolute Gasteiger partial charge is 0.389 e. The van der Waals surface area contributed by atoms with E-state index in [0.29, 0.717) is 25.7 Å². The highest BCUT2D eigenvalue weighted by Crippen LogP contribution is 2.58. The van der Waals surface area contributed by atoms with Crippen molar-refractivity contribution in [1.82, 2.24) is 5.32 Å². The summed E-state index contributed by atoms with van der Waals surface area (Å²) in [6, 6.07) is 10.9. The number of dihydropyridines is 1. The number of aryl methyl sites for hydroxylation is 1. The summed E-state index contributed by atoms with van der Waals surface area (Å²) >= 11 is 0. The van der Waals surface area contributed by atoms with Crippen LogP contribution in [-0.2, 0) is 6.42 Å². The molecule has 0 radical (unpaired) electrons. The van der Waals surface area contributed by atoms with E-state index in [-0.39, 0.29) is 29.0 Å². The van der Waals surface area contributed by atoms with Crippen LogP contribution in [0.25, 0.3) is 0 Å². The van der Waals surface area contributed by atoms with E-state index >= 15 is 0 Å². The van der Waals surface area contributed by atoms with Crippen molar-refractivity contribution in [2.45, 2.75) is 83.4 Å². The third-order valence-corrected chi connectivity index (χ3v) is 8.72. The van der Waals surface area contributed by atoms with Crippen LogP contribution in [0, 0.1) is 17.0 Å². The van der Waals surface area contributed by atoms with Crippen molar-refractivity contribution < 1.29 is 18.7 Å². The van der Waals surface area contributed by atoms with Gasteiger partial charge in [0.15, 0.2) is 0 Å². The van der Waals surface area contributed by atoms with Gasteiger partial charge < -0.3 is 15.7 Å². The quantitative estimate of drug-likeness (QED) is 0.352. The second kappa shape index (κ2) is 10.7. The second-order valence-electron chi connectivity index (χ2n) is 11.7. The lowest BCUT2D eigenvalue weighted by Gasteiger charge is -2.44. The molecule has 1 aliphatic heterocycles. The van der Waals surface area contributed by atoms with Gasteiger partial charge in [0.25, 0.3) is 0 Å². The Hall–Kier alpha value is -3.32. The van der Waals surface area contributed by atoms with Crippen molar-refractivity contribution >= 4 is 17.9 Å². The van der Waals surface area contributed by atoms with Crippen LogP contribution in [0.5, 0.6) is 0 Å². The van der Waals surface area contributed by atoms with Crippen molar-refractivity contribution in [3.05, 3.63) is 88.0 Å². The summed E-state index contributed by atoms with van der Waals surface area (Å²) in [4.78, 5) is 17.0. The molecule has 3 N–H and O–H groups in total. The zero-order valence-electron chi connectivity index (χ0n) is 22.9. The SMILES string of the molecule is CC(C)NC(=O)Nc1c(F)cccc1CCC[C@]1(O)CCC2=CC3=C(C=N[C@H](c4ccc(F)cc4)C3)CC21C. The second-order valence-corrected chi connectivity index (χ2v) is 11.7. The fourth-order valence-electron chi connectivity index (χ4n) is 6.45. The molecule has 2 aromatic rings. The molecule has 0 aromatic heterocycles. The molecule has 2 aliphatic carbocycles. The average Bonchev–Trinajstić information content (AvgIpc) is 3.13. The van der Waals surface area contributed by atoms with E-state index in [1.54, 1.807) is 18.2 Å². The zero-order valence-corrected chi connectivity index (χ0v) is 22.9. The standard InChI is InChI=1S/C32H37F2N3O2/c1-20(2)36-30(38)37-29-22(6-4-8-27(29)34)7-5-14-32(39)15-13-25-16-23-17-28(21-9-11-26(33)12-10-21)35-19-24(23)18-31(25,32)3/h4,6,8-12,16,19-20,28,39H,5,7,13-15,17-18H2,1-3H3,(H2,36,37,38)/t28-,31?,32-/m0/s1. The topological polar surface area (TPSA) is 73.7 Å². The summed E-state index contributed by atoms with van der Waals surface area (Å²) in [5.41, 5.74) is 4.34. The Morgan fingerprint density at radius 3 is 2.67 bits per heavy atom. The Balaban J connectivity index is 1.26. The number of hydrogen-bond donors (Lipinski definition) is 3. The molecule has 2 aromatic carbocycles. The summed E-state index contributed by atoms with van der Waals surface area (Å²) in [6.07, 6.45) is 9.01. The predicted octanol–water partition coefficient (Wildman–Crippen LogP) is 7.19. The number of benzene rings is 2. The number of carbonyl (C=O) groups is 1. The van der Waals surface area contributed by atoms with Gasteiger partial charge in [-0.25, -0.2) is 13.6 Å². The molecule has 1 unspecified atom stereocenters. The maximum Gasteiger partial charge on any atom is 0.319 e. The summed E-state index contributed by atoms with van der Waals surface area (Å²) in [7, 11) is 0. The predicted molar refractivity (Wildman–Crippen MR) is 151 cm³/mol. The molecule has 5 rings (SSSR count). The van der Waals surface area contributed by atoms with Crippen molar-refractivity contribution in [2.75, 3.05) is 5.32 Å². The number of amides is 2. The summed E-state index contributed by atoms with van der Waals surface area (Å²) in [6.45, 7) is 5.85. The number of aliphatic imine (C=N–C) groups is 1. The van der Waals surface area contributed by atoms with Crippen LogP contribution in [-0.4, -0.2) is 29.0 Å². The Morgan fingerprint density at radius 2 is 1.92 bits per heavy atom. The summed E-state index contributed by atoms with van der Waals surface area (Å²) in [5.74, 6) is -0.716. The number of halogens is 2. The van der Waals surface area contributed by atoms with Crippen LogP contribution in [0.3, 0.4) is 0 Å². The van der Waals surface area contributed by atoms with E-state index in [9.17, 15) is 18.7 Å². The first kappa shape index (κ1) is 27.3. The maximum absolute atomic E-state index is 14.6. The van der Waals surface area contributed by atoms with Crippen molar-refractivity contribution in [1.29, 1.82) is 0 Å². The molecule has 1 heterocycles. The average molecular weight is 534 g/mol. The van der Waals surface area contributed by atoms with E-state index in [1.165, 1.54) is 29.3 Å². The highest BCUT2D eigenvalue weighted by atomic mass is 19.1. The third kappa shape index (κ3) is 5.42. The summed E-state index contributed by atoms with van der Waals surface area (Å²) < 4.78 is 28.0. The minimum atomic E-state index is -0.880. The van der Waals surface area contributed by atoms with Gasteiger partial charge in [0, 0.05) is 17.7 Å². The Morgan fingerprint density at radius 1 is 1.15 bits per heavy atom. The van der Waals surface area contributed by atoms with E-state index in [2.05, 4.69) is 23.6 Å². The number of urea groups is 1. The van der Waals surface area contributed by atoms with E-state index in [4.69, 9.17) is 4.99 Å². The number of carbonyl (C=O) groups excluding carboxylic acids is 1. The van der Waals surface area contributed by atoms with Gasteiger partial charge in [-0.15, -0.1) is 0 Å². The number of nitrogens with zero attached hydrogens (tertiary/aromatic N) is 1. The smallest absolute Gasteiger partial charge is 0.319 e. The van der Waals surface area contributed by atoms with Crippen LogP contribution < -0.4 is 10.6 Å². The Kier molecular flexibility index (Phi) is 7.47. The lowest BCUT2D eigenvalue weighted by atomic mass is 9.64. The van der Waals surface area contributed by atoms with E-state index < -0.39 is 17.4 Å². The number of hydrogen-bond acceptors (Lipinski definition) is 3. The fraction of sp³-hybridized carbons (Fsp3) is 0.438. The highest BCUT2D eigenvalue weighted by Gasteiger charge is 2.54. The van der Waals surface area contributed by atoms with Gasteiger partial charge in [-0.05, 0) is 99.3 Å². The molecule has 0 saturated heterocycles. The number of para-hydroxylation sites is 1. The molecule has 1 saturated carbocycles. The lowest BCUT2D eigenvalue weighted by Crippen LogP contribution is -2.44. The first-order chi connectivity index (χ1) is 18.6. The molecule has 1 fully saturated rings. The number of allylic oxidation sites excluding steroid dienone is 2. The number of aliphatic hydroxyl groups is 1. The fourth-order valence-corrected chi connectivity index (χ4v) is 6.45. The van der Waals surface area contributed by atoms with Crippen LogP contribution in [0.15, 0.2) is 70.3 Å². The van der Waals surface area contributed by atoms with Crippen molar-refractivity contribution in [3.8, 4) is 0 Å². The van der Waals surface area contributed by atoms with Crippen LogP contribution in [0.2, 0.25) is 0 Å². The lowest BCUT2D eigenvalue weighted by molar-refractivity contribution is -0.0475. The molecule has 206 valence electrons. The summed E-state index contributed by atoms with van der Waals surface area (Å²) in [5, 5.41) is 17.3. The van der Waals surface area contributed by atoms with Gasteiger partial charge in [0.1, 0.15) is 11.6 Å². The van der Waals surface area contributed by atoms with E-state index in [0.717, 1.165) is 36.0 Å². The normalized spacial score (nSPS) is 25.8. The minimum Gasteiger partial charge on any atom is -0.389 e. The first-order valence-electron chi connectivity index (χ1n) is 13.9. The monoisotopic (exact) mass is 533 g/mol.